The van der Waals surface area contributed by atoms with E-state index in [4.69, 9.17) is 16.3 Å². The molecule has 0 saturated heterocycles. The van der Waals surface area contributed by atoms with Crippen molar-refractivity contribution < 1.29 is 14.3 Å². The summed E-state index contributed by atoms with van der Waals surface area (Å²) in [5.74, 6) is -0.330. The smallest absolute Gasteiger partial charge is 0.280 e. The van der Waals surface area contributed by atoms with Gasteiger partial charge in [-0.15, -0.1) is 23.7 Å². The molecular weight excluding hydrogens is 521 g/mol. The number of methoxy groups -OCH3 is 1. The molecule has 5 rings (SSSR count). The number of benzene rings is 1. The number of thiazole rings is 1. The number of rotatable bonds is 7. The van der Waals surface area contributed by atoms with Gasteiger partial charge in [-0.3, -0.25) is 14.5 Å². The van der Waals surface area contributed by atoms with E-state index in [9.17, 15) is 9.59 Å². The molecule has 0 spiro atoms. The Balaban J connectivity index is 0.00000304. The minimum absolute atomic E-state index is 0. The van der Waals surface area contributed by atoms with Crippen LogP contribution >= 0.6 is 35.3 Å². The van der Waals surface area contributed by atoms with Crippen LogP contribution in [0.15, 0.2) is 24.3 Å². The molecule has 3 aromatic rings. The molecule has 2 amide bonds. The molecule has 0 bridgehead atoms. The summed E-state index contributed by atoms with van der Waals surface area (Å²) >= 11 is 7.55. The van der Waals surface area contributed by atoms with E-state index in [2.05, 4.69) is 25.5 Å². The third kappa shape index (κ3) is 6.03. The van der Waals surface area contributed by atoms with Crippen LogP contribution in [-0.4, -0.2) is 65.6 Å². The lowest BCUT2D eigenvalue weighted by Gasteiger charge is -2.32. The second-order valence-electron chi connectivity index (χ2n) is 9.27. The van der Waals surface area contributed by atoms with Crippen molar-refractivity contribution >= 4 is 58.1 Å². The first-order valence-corrected chi connectivity index (χ1v) is 13.3. The summed E-state index contributed by atoms with van der Waals surface area (Å²) in [6.45, 7) is 3.31. The Labute approximate surface area is 225 Å². The third-order valence-corrected chi connectivity index (χ3v) is 8.16. The molecule has 0 radical (unpaired) electrons. The maximum absolute atomic E-state index is 13.1. The first-order valence-electron chi connectivity index (χ1n) is 12.1. The average molecular weight is 553 g/mol. The van der Waals surface area contributed by atoms with Crippen LogP contribution in [0.4, 0.5) is 0 Å². The number of carbonyl (C=O) groups excluding carboxylic acids is 2. The van der Waals surface area contributed by atoms with E-state index in [1.807, 2.05) is 18.2 Å². The largest absolute Gasteiger partial charge is 0.383 e. The molecule has 1 aliphatic carbocycles. The number of H-pyrrole nitrogens is 1. The fraction of sp³-hybridized carbons (Fsp3) is 0.480. The lowest BCUT2D eigenvalue weighted by Crippen LogP contribution is -2.53. The number of nitrogens with zero attached hydrogens (tertiary/aromatic N) is 2. The Kier molecular flexibility index (Phi) is 8.90. The van der Waals surface area contributed by atoms with Gasteiger partial charge in [0, 0.05) is 66.1 Å². The molecule has 1 saturated carbocycles. The van der Waals surface area contributed by atoms with Gasteiger partial charge in [0.25, 0.3) is 11.8 Å². The number of hydrogen-bond acceptors (Lipinski definition) is 6. The molecule has 36 heavy (non-hydrogen) atoms. The van der Waals surface area contributed by atoms with Crippen molar-refractivity contribution in [1.29, 1.82) is 0 Å². The van der Waals surface area contributed by atoms with Crippen molar-refractivity contribution in [3.8, 4) is 0 Å². The van der Waals surface area contributed by atoms with Gasteiger partial charge in [-0.2, -0.15) is 0 Å². The molecule has 0 unspecified atom stereocenters. The van der Waals surface area contributed by atoms with Gasteiger partial charge in [0.2, 0.25) is 0 Å². The molecule has 3 heterocycles. The summed E-state index contributed by atoms with van der Waals surface area (Å²) in [6, 6.07) is 7.04. The zero-order chi connectivity index (χ0) is 24.4. The summed E-state index contributed by atoms with van der Waals surface area (Å²) in [6.07, 6.45) is 4.54. The first kappa shape index (κ1) is 26.9. The minimum atomic E-state index is -0.177. The van der Waals surface area contributed by atoms with Crippen molar-refractivity contribution in [2.24, 2.45) is 0 Å². The Morgan fingerprint density at radius 1 is 1.19 bits per heavy atom. The van der Waals surface area contributed by atoms with Crippen molar-refractivity contribution in [3.05, 3.63) is 50.6 Å². The fourth-order valence-corrected chi connectivity index (χ4v) is 6.17. The van der Waals surface area contributed by atoms with Crippen molar-refractivity contribution in [2.45, 2.75) is 50.7 Å². The molecular formula is C25H31Cl2N5O3S. The topological polar surface area (TPSA) is 99.3 Å². The van der Waals surface area contributed by atoms with Crippen LogP contribution in [-0.2, 0) is 17.7 Å². The van der Waals surface area contributed by atoms with E-state index in [0.29, 0.717) is 22.3 Å². The number of halogens is 2. The van der Waals surface area contributed by atoms with E-state index in [-0.39, 0.29) is 36.3 Å². The number of amides is 2. The highest BCUT2D eigenvalue weighted by Gasteiger charge is 2.30. The highest BCUT2D eigenvalue weighted by atomic mass is 35.5. The maximum Gasteiger partial charge on any atom is 0.280 e. The van der Waals surface area contributed by atoms with Crippen LogP contribution in [0.2, 0.25) is 5.02 Å². The number of fused-ring (bicyclic) bond motifs is 2. The highest BCUT2D eigenvalue weighted by Crippen LogP contribution is 2.26. The van der Waals surface area contributed by atoms with Crippen LogP contribution in [0.1, 0.15) is 56.5 Å². The second-order valence-corrected chi connectivity index (χ2v) is 10.8. The quantitative estimate of drug-likeness (QED) is 0.409. The highest BCUT2D eigenvalue weighted by molar-refractivity contribution is 7.13. The lowest BCUT2D eigenvalue weighted by molar-refractivity contribution is 0.0860. The molecule has 3 N–H and O–H groups in total. The number of hydrogen-bond donors (Lipinski definition) is 3. The van der Waals surface area contributed by atoms with Crippen molar-refractivity contribution in [1.82, 2.24) is 25.5 Å². The molecule has 194 valence electrons. The fourth-order valence-electron chi connectivity index (χ4n) is 4.94. The Hall–Kier alpha value is -2.17. The SMILES string of the molecule is COCCN1CCc2nc(C(=O)N[C@H]3CCCC[C@H]3NC(=O)c3cc4cc(Cl)ccc4[nH]3)sc2C1.Cl. The van der Waals surface area contributed by atoms with Crippen molar-refractivity contribution in [3.63, 3.8) is 0 Å². The molecule has 11 heteroatoms. The summed E-state index contributed by atoms with van der Waals surface area (Å²) in [5.41, 5.74) is 2.38. The summed E-state index contributed by atoms with van der Waals surface area (Å²) in [7, 11) is 1.71. The molecule has 1 fully saturated rings. The Morgan fingerprint density at radius 2 is 1.94 bits per heavy atom. The van der Waals surface area contributed by atoms with Crippen LogP contribution in [0.5, 0.6) is 0 Å². The van der Waals surface area contributed by atoms with Crippen molar-refractivity contribution in [2.75, 3.05) is 26.8 Å². The van der Waals surface area contributed by atoms with Gasteiger partial charge < -0.3 is 20.4 Å². The molecule has 2 aliphatic rings. The summed E-state index contributed by atoms with van der Waals surface area (Å²) in [4.78, 5) is 37.4. The van der Waals surface area contributed by atoms with Gasteiger partial charge in [0.05, 0.1) is 12.3 Å². The Bertz CT molecular complexity index is 1230. The van der Waals surface area contributed by atoms with Gasteiger partial charge in [-0.1, -0.05) is 24.4 Å². The van der Waals surface area contributed by atoms with Crippen LogP contribution in [0.3, 0.4) is 0 Å². The predicted octanol–water partition coefficient (Wildman–Crippen LogP) is 4.18. The Morgan fingerprint density at radius 3 is 2.69 bits per heavy atom. The standard InChI is InChI=1S/C25H30ClN5O3S.ClH/c1-34-11-10-31-9-8-20-22(14-31)35-25(30-20)24(33)29-19-5-3-2-4-18(19)28-23(32)21-13-15-12-16(26)6-7-17(15)27-21;/h6-7,12-13,18-19,27H,2-5,8-11,14H2,1H3,(H,28,32)(H,29,33);1H/t18-,19+;/m1./s1. The van der Waals surface area contributed by atoms with Gasteiger partial charge in [-0.25, -0.2) is 4.98 Å². The number of aromatic amines is 1. The monoisotopic (exact) mass is 551 g/mol. The summed E-state index contributed by atoms with van der Waals surface area (Å²) in [5, 5.41) is 8.33. The van der Waals surface area contributed by atoms with E-state index in [1.165, 1.54) is 11.3 Å². The van der Waals surface area contributed by atoms with Crippen LogP contribution in [0, 0.1) is 0 Å². The zero-order valence-corrected chi connectivity index (χ0v) is 22.5. The number of nitrogens with one attached hydrogen (secondary N) is 3. The number of carbonyl (C=O) groups is 2. The third-order valence-electron chi connectivity index (χ3n) is 6.84. The second kappa shape index (κ2) is 11.9. The average Bonchev–Trinajstić information content (AvgIpc) is 3.47. The maximum atomic E-state index is 13.1. The van der Waals surface area contributed by atoms with E-state index in [0.717, 1.165) is 73.2 Å². The van der Waals surface area contributed by atoms with E-state index in [1.54, 1.807) is 13.2 Å². The molecule has 1 aromatic carbocycles. The van der Waals surface area contributed by atoms with Crippen LogP contribution < -0.4 is 10.6 Å². The molecule has 8 nitrogen and oxygen atoms in total. The molecule has 2 atom stereocenters. The van der Waals surface area contributed by atoms with Gasteiger partial charge >= 0.3 is 0 Å². The lowest BCUT2D eigenvalue weighted by atomic mass is 9.90. The van der Waals surface area contributed by atoms with Gasteiger partial charge in [-0.05, 0) is 37.1 Å². The van der Waals surface area contributed by atoms with Crippen LogP contribution in [0.25, 0.3) is 10.9 Å². The van der Waals surface area contributed by atoms with E-state index >= 15 is 0 Å². The number of aromatic nitrogens is 2. The first-order chi connectivity index (χ1) is 17.0. The van der Waals surface area contributed by atoms with Gasteiger partial charge in [0.1, 0.15) is 5.69 Å². The summed E-state index contributed by atoms with van der Waals surface area (Å²) < 4.78 is 5.19. The normalized spacial score (nSPS) is 19.9. The molecule has 2 aromatic heterocycles. The van der Waals surface area contributed by atoms with E-state index < -0.39 is 0 Å². The zero-order valence-electron chi connectivity index (χ0n) is 20.1. The number of ether oxygens (including phenoxy) is 1. The molecule has 1 aliphatic heterocycles. The van der Waals surface area contributed by atoms with Gasteiger partial charge in [0.15, 0.2) is 5.01 Å². The predicted molar refractivity (Wildman–Crippen MR) is 145 cm³/mol. The minimum Gasteiger partial charge on any atom is -0.383 e.